The summed E-state index contributed by atoms with van der Waals surface area (Å²) in [6, 6.07) is 11.2. The first-order chi connectivity index (χ1) is 32.7. The summed E-state index contributed by atoms with van der Waals surface area (Å²) >= 11 is 0. The standard InChI is InChI=1S/C49H74BN9O10/c1-7-9-12-29-14-16-30(17-15-29)31-18-20-32(21-19-31)43(63)54-24-22-40(62)55-34(13-10-11-23-51)44(64)58-41(28(3)60)46(66)59-42(53)47(67)56-35(27-39(52)61)45(65)57-38(8-2)50-68-37-26-33-25-36(48(33,4)5)49(37,6)69-50/h14-21,28,33-38,41-42,60H,7-13,22-27,51,53H2,1-6H3,(H2,52,61)(H,54,63)(H,55,62)(H,56,67)(H,57,65)(H,58,64)(H,59,66)/t28-,33+,34+,35?,36+,37?,38+,41+,42-,49+/m1/s1. The summed E-state index contributed by atoms with van der Waals surface area (Å²) in [5, 5.41) is 25.8. The van der Waals surface area contributed by atoms with Gasteiger partial charge in [0.25, 0.3) is 11.8 Å². The van der Waals surface area contributed by atoms with Crippen molar-refractivity contribution < 1.29 is 48.0 Å². The van der Waals surface area contributed by atoms with Crippen molar-refractivity contribution in [2.24, 2.45) is 34.5 Å². The minimum Gasteiger partial charge on any atom is -0.404 e. The summed E-state index contributed by atoms with van der Waals surface area (Å²) in [4.78, 5) is 92.1. The summed E-state index contributed by atoms with van der Waals surface area (Å²) < 4.78 is 12.9. The fraction of sp³-hybridized carbons (Fsp3) is 0.612. The molecule has 2 aromatic rings. The third-order valence-corrected chi connectivity index (χ3v) is 14.2. The third kappa shape index (κ3) is 13.9. The maximum Gasteiger partial charge on any atom is 0.481 e. The monoisotopic (exact) mass is 960 g/mol. The van der Waals surface area contributed by atoms with Gasteiger partial charge in [-0.15, -0.1) is 0 Å². The van der Waals surface area contributed by atoms with E-state index in [-0.39, 0.29) is 42.7 Å². The minimum atomic E-state index is -1.82. The van der Waals surface area contributed by atoms with Crippen LogP contribution in [0.4, 0.5) is 0 Å². The van der Waals surface area contributed by atoms with E-state index < -0.39 is 90.9 Å². The number of primary amides is 1. The highest BCUT2D eigenvalue weighted by Crippen LogP contribution is 2.65. The smallest absolute Gasteiger partial charge is 0.404 e. The second-order valence-corrected chi connectivity index (χ2v) is 19.6. The van der Waals surface area contributed by atoms with Crippen LogP contribution < -0.4 is 49.1 Å². The Hall–Kier alpha value is -5.41. The molecule has 1 heterocycles. The maximum atomic E-state index is 13.6. The lowest BCUT2D eigenvalue weighted by atomic mass is 9.43. The molecule has 4 aliphatic rings. The number of aryl methyl sites for hydroxylation is 1. The van der Waals surface area contributed by atoms with Crippen molar-refractivity contribution in [3.63, 3.8) is 0 Å². The molecule has 13 N–H and O–H groups in total. The highest BCUT2D eigenvalue weighted by atomic mass is 16.7. The fourth-order valence-corrected chi connectivity index (χ4v) is 9.84. The van der Waals surface area contributed by atoms with Gasteiger partial charge in [-0.25, -0.2) is 0 Å². The van der Waals surface area contributed by atoms with Crippen LogP contribution in [0.2, 0.25) is 0 Å². The number of amides is 7. The molecular weight excluding hydrogens is 885 g/mol. The quantitative estimate of drug-likeness (QED) is 0.0362. The van der Waals surface area contributed by atoms with Crippen LogP contribution in [-0.2, 0) is 44.5 Å². The number of carbonyl (C=O) groups is 7. The van der Waals surface area contributed by atoms with Gasteiger partial charge in [-0.3, -0.25) is 33.6 Å². The zero-order valence-electron chi connectivity index (χ0n) is 40.9. The molecule has 2 unspecified atom stereocenters. The second kappa shape index (κ2) is 24.4. The molecule has 19 nitrogen and oxygen atoms in total. The molecule has 4 fully saturated rings. The van der Waals surface area contributed by atoms with E-state index in [0.717, 1.165) is 43.2 Å². The van der Waals surface area contributed by atoms with Crippen molar-refractivity contribution in [1.29, 1.82) is 0 Å². The van der Waals surface area contributed by atoms with Gasteiger partial charge in [0.15, 0.2) is 6.17 Å². The Morgan fingerprint density at radius 3 is 2.06 bits per heavy atom. The SMILES string of the molecule is CCCCc1ccc(-c2ccc(C(=O)NCCC(=O)N[C@@H](CCCCN)C(=O)N[C@H](C(=O)N[C@@H](N)C(=O)NC(CC(N)=O)C(=O)N[C@@H](CC)B3OC4C[C@@H]5C[C@@H](C5(C)C)[C@]4(C)O3)[C@@H](C)O)cc2)cc1. The number of aliphatic hydroxyl groups excluding tert-OH is 1. The number of rotatable bonds is 26. The number of benzene rings is 2. The topological polar surface area (TPSA) is 308 Å². The van der Waals surface area contributed by atoms with Crippen molar-refractivity contribution in [2.75, 3.05) is 13.1 Å². The Bertz CT molecular complexity index is 2130. The molecule has 2 aromatic carbocycles. The summed E-state index contributed by atoms with van der Waals surface area (Å²) in [6.45, 7) is 12.0. The normalized spacial score (nSPS) is 22.5. The van der Waals surface area contributed by atoms with Gasteiger partial charge in [-0.05, 0) is 118 Å². The molecule has 69 heavy (non-hydrogen) atoms. The molecule has 0 radical (unpaired) electrons. The first-order valence-electron chi connectivity index (χ1n) is 24.5. The van der Waals surface area contributed by atoms with Gasteiger partial charge in [0, 0.05) is 18.5 Å². The van der Waals surface area contributed by atoms with Crippen LogP contribution in [-0.4, -0.2) is 115 Å². The Balaban J connectivity index is 1.11. The Labute approximate surface area is 405 Å². The Morgan fingerprint density at radius 1 is 0.812 bits per heavy atom. The van der Waals surface area contributed by atoms with Crippen LogP contribution in [0.5, 0.6) is 0 Å². The lowest BCUT2D eigenvalue weighted by molar-refractivity contribution is -0.199. The van der Waals surface area contributed by atoms with Gasteiger partial charge in [-0.2, -0.15) is 0 Å². The van der Waals surface area contributed by atoms with Gasteiger partial charge in [-0.1, -0.05) is 70.5 Å². The third-order valence-electron chi connectivity index (χ3n) is 14.2. The molecule has 2 bridgehead atoms. The molecule has 7 amide bonds. The number of hydrogen-bond donors (Lipinski definition) is 10. The van der Waals surface area contributed by atoms with E-state index in [9.17, 15) is 38.7 Å². The van der Waals surface area contributed by atoms with Crippen LogP contribution in [0.25, 0.3) is 11.1 Å². The molecule has 0 spiro atoms. The summed E-state index contributed by atoms with van der Waals surface area (Å²) in [5.74, 6) is -5.38. The number of nitrogens with one attached hydrogen (secondary N) is 6. The van der Waals surface area contributed by atoms with Gasteiger partial charge >= 0.3 is 7.12 Å². The zero-order valence-corrected chi connectivity index (χ0v) is 40.9. The van der Waals surface area contributed by atoms with Crippen LogP contribution in [0.1, 0.15) is 122 Å². The first kappa shape index (κ1) is 54.5. The molecule has 378 valence electrons. The first-order valence-corrected chi connectivity index (χ1v) is 24.5. The van der Waals surface area contributed by atoms with E-state index in [1.165, 1.54) is 12.5 Å². The summed E-state index contributed by atoms with van der Waals surface area (Å²) in [6.07, 6.45) is 2.41. The van der Waals surface area contributed by atoms with Crippen molar-refractivity contribution in [3.8, 4) is 11.1 Å². The van der Waals surface area contributed by atoms with Crippen molar-refractivity contribution in [3.05, 3.63) is 59.7 Å². The average molecular weight is 960 g/mol. The van der Waals surface area contributed by atoms with Gasteiger partial charge < -0.3 is 63.5 Å². The lowest BCUT2D eigenvalue weighted by Gasteiger charge is -2.64. The van der Waals surface area contributed by atoms with E-state index in [2.05, 4.69) is 83.9 Å². The number of nitrogens with two attached hydrogens (primary N) is 3. The molecule has 1 saturated heterocycles. The molecular formula is C49H74BN9O10. The van der Waals surface area contributed by atoms with E-state index >= 15 is 0 Å². The second-order valence-electron chi connectivity index (χ2n) is 19.6. The summed E-state index contributed by atoms with van der Waals surface area (Å²) in [5.41, 5.74) is 20.4. The molecule has 3 aliphatic carbocycles. The number of unbranched alkanes of at least 4 members (excludes halogenated alkanes) is 2. The van der Waals surface area contributed by atoms with Crippen LogP contribution in [0.15, 0.2) is 48.5 Å². The maximum absolute atomic E-state index is 13.6. The Morgan fingerprint density at radius 2 is 1.46 bits per heavy atom. The summed E-state index contributed by atoms with van der Waals surface area (Å²) in [7, 11) is -0.774. The van der Waals surface area contributed by atoms with E-state index in [4.69, 9.17) is 26.5 Å². The molecule has 0 aromatic heterocycles. The van der Waals surface area contributed by atoms with Crippen molar-refractivity contribution >= 4 is 48.5 Å². The molecule has 10 atom stereocenters. The number of hydrogen-bond acceptors (Lipinski definition) is 12. The average Bonchev–Trinajstić information content (AvgIpc) is 3.68. The largest absolute Gasteiger partial charge is 0.481 e. The van der Waals surface area contributed by atoms with E-state index in [1.807, 2.05) is 19.1 Å². The van der Waals surface area contributed by atoms with Crippen molar-refractivity contribution in [1.82, 2.24) is 31.9 Å². The van der Waals surface area contributed by atoms with E-state index in [1.54, 1.807) is 12.1 Å². The van der Waals surface area contributed by atoms with Crippen molar-refractivity contribution in [2.45, 2.75) is 160 Å². The highest BCUT2D eigenvalue weighted by Gasteiger charge is 2.68. The van der Waals surface area contributed by atoms with Gasteiger partial charge in [0.2, 0.25) is 29.5 Å². The molecule has 1 aliphatic heterocycles. The Kier molecular flexibility index (Phi) is 19.3. The molecule has 6 rings (SSSR count). The van der Waals surface area contributed by atoms with Crippen LogP contribution >= 0.6 is 0 Å². The van der Waals surface area contributed by atoms with E-state index in [0.29, 0.717) is 37.3 Å². The fourth-order valence-electron chi connectivity index (χ4n) is 9.84. The number of aliphatic hydroxyl groups is 1. The zero-order chi connectivity index (χ0) is 50.6. The predicted octanol–water partition coefficient (Wildman–Crippen LogP) is 1.22. The van der Waals surface area contributed by atoms with Crippen LogP contribution in [0, 0.1) is 17.3 Å². The highest BCUT2D eigenvalue weighted by molar-refractivity contribution is 6.48. The molecule has 3 saturated carbocycles. The lowest BCUT2D eigenvalue weighted by Crippen LogP contribution is -2.65. The minimum absolute atomic E-state index is 0.0365. The predicted molar refractivity (Wildman–Crippen MR) is 260 cm³/mol. The molecule has 20 heteroatoms. The van der Waals surface area contributed by atoms with Gasteiger partial charge in [0.05, 0.1) is 30.2 Å². The number of carbonyl (C=O) groups excluding carboxylic acids is 7. The van der Waals surface area contributed by atoms with Crippen LogP contribution in [0.3, 0.4) is 0 Å². The van der Waals surface area contributed by atoms with Gasteiger partial charge in [0.1, 0.15) is 18.1 Å².